The van der Waals surface area contributed by atoms with Crippen molar-refractivity contribution in [1.82, 2.24) is 0 Å². The third-order valence-electron chi connectivity index (χ3n) is 3.96. The Bertz CT molecular complexity index is 964. The molecule has 0 saturated carbocycles. The third kappa shape index (κ3) is 4.30. The van der Waals surface area contributed by atoms with Gasteiger partial charge in [0.25, 0.3) is 0 Å². The number of nitrogens with zero attached hydrogens (tertiary/aromatic N) is 1. The molecule has 0 fully saturated rings. The number of carbonyl (C=O) groups is 1. The highest BCUT2D eigenvalue weighted by molar-refractivity contribution is 7.92. The summed E-state index contributed by atoms with van der Waals surface area (Å²) >= 11 is 0. The highest BCUT2D eigenvalue weighted by Crippen LogP contribution is 2.32. The highest BCUT2D eigenvalue weighted by Gasteiger charge is 2.29. The molecule has 9 heteroatoms. The number of sulfonamides is 1. The molecule has 0 saturated heterocycles. The van der Waals surface area contributed by atoms with Gasteiger partial charge in [0.2, 0.25) is 15.9 Å². The van der Waals surface area contributed by atoms with E-state index in [1.807, 2.05) is 0 Å². The van der Waals surface area contributed by atoms with Crippen molar-refractivity contribution in [1.29, 1.82) is 0 Å². The lowest BCUT2D eigenvalue weighted by atomic mass is 10.2. The Morgan fingerprint density at radius 2 is 1.85 bits per heavy atom. The van der Waals surface area contributed by atoms with Crippen LogP contribution in [0.1, 0.15) is 6.92 Å². The molecule has 0 spiro atoms. The van der Waals surface area contributed by atoms with E-state index in [1.165, 1.54) is 25.1 Å². The van der Waals surface area contributed by atoms with Gasteiger partial charge in [-0.05, 0) is 37.3 Å². The Balaban J connectivity index is 1.84. The Hall–Kier alpha value is -2.81. The van der Waals surface area contributed by atoms with E-state index in [4.69, 9.17) is 9.47 Å². The van der Waals surface area contributed by atoms with E-state index in [0.29, 0.717) is 30.4 Å². The van der Waals surface area contributed by atoms with Gasteiger partial charge in [0.05, 0.1) is 11.9 Å². The van der Waals surface area contributed by atoms with Crippen molar-refractivity contribution in [3.05, 3.63) is 48.3 Å². The lowest BCUT2D eigenvalue weighted by Gasteiger charge is -2.28. The Morgan fingerprint density at radius 1 is 1.15 bits per heavy atom. The number of hydrogen-bond acceptors (Lipinski definition) is 5. The van der Waals surface area contributed by atoms with Gasteiger partial charge in [-0.1, -0.05) is 6.07 Å². The molecular formula is C18H19FN2O5S. The summed E-state index contributed by atoms with van der Waals surface area (Å²) in [5, 5.41) is 2.65. The molecule has 0 aliphatic carbocycles. The molecule has 27 heavy (non-hydrogen) atoms. The van der Waals surface area contributed by atoms with E-state index in [0.717, 1.165) is 16.6 Å². The van der Waals surface area contributed by atoms with Crippen LogP contribution in [0, 0.1) is 5.82 Å². The van der Waals surface area contributed by atoms with E-state index in [1.54, 1.807) is 18.2 Å². The average molecular weight is 394 g/mol. The molecule has 2 aromatic carbocycles. The number of nitrogens with one attached hydrogen (secondary N) is 1. The quantitative estimate of drug-likeness (QED) is 0.842. The zero-order valence-corrected chi connectivity index (χ0v) is 15.6. The van der Waals surface area contributed by atoms with Gasteiger partial charge in [0, 0.05) is 11.8 Å². The van der Waals surface area contributed by atoms with Crippen LogP contribution in [0.3, 0.4) is 0 Å². The van der Waals surface area contributed by atoms with Crippen molar-refractivity contribution in [3.8, 4) is 11.5 Å². The number of halogens is 1. The summed E-state index contributed by atoms with van der Waals surface area (Å²) in [7, 11) is -3.82. The molecule has 1 aliphatic rings. The first-order valence-corrected chi connectivity index (χ1v) is 10.1. The smallest absolute Gasteiger partial charge is 0.247 e. The van der Waals surface area contributed by atoms with Crippen molar-refractivity contribution in [2.24, 2.45) is 0 Å². The Kier molecular flexibility index (Phi) is 5.22. The fourth-order valence-electron chi connectivity index (χ4n) is 2.79. The normalized spacial score (nSPS) is 14.3. The minimum Gasteiger partial charge on any atom is -0.486 e. The molecule has 1 heterocycles. The zero-order chi connectivity index (χ0) is 19.6. The minimum atomic E-state index is -3.82. The summed E-state index contributed by atoms with van der Waals surface area (Å²) in [6, 6.07) is 8.87. The number of rotatable bonds is 5. The second-order valence-corrected chi connectivity index (χ2v) is 7.92. The van der Waals surface area contributed by atoms with Crippen LogP contribution in [0.4, 0.5) is 15.8 Å². The van der Waals surface area contributed by atoms with Gasteiger partial charge in [0.1, 0.15) is 25.1 Å². The summed E-state index contributed by atoms with van der Waals surface area (Å²) in [6.45, 7) is 2.29. The van der Waals surface area contributed by atoms with Gasteiger partial charge in [-0.2, -0.15) is 0 Å². The van der Waals surface area contributed by atoms with E-state index in [9.17, 15) is 17.6 Å². The summed E-state index contributed by atoms with van der Waals surface area (Å²) in [5.74, 6) is -0.0939. The number of ether oxygens (including phenoxy) is 2. The first-order chi connectivity index (χ1) is 12.8. The van der Waals surface area contributed by atoms with Crippen LogP contribution < -0.4 is 19.1 Å². The van der Waals surface area contributed by atoms with Gasteiger partial charge < -0.3 is 14.8 Å². The second-order valence-electron chi connectivity index (χ2n) is 6.06. The number of amides is 1. The molecule has 1 unspecified atom stereocenters. The average Bonchev–Trinajstić information content (AvgIpc) is 2.60. The van der Waals surface area contributed by atoms with Gasteiger partial charge in [-0.3, -0.25) is 9.10 Å². The minimum absolute atomic E-state index is 0.0716. The maximum absolute atomic E-state index is 13.5. The van der Waals surface area contributed by atoms with Crippen molar-refractivity contribution < 1.29 is 27.1 Å². The molecule has 1 amide bonds. The van der Waals surface area contributed by atoms with E-state index >= 15 is 0 Å². The van der Waals surface area contributed by atoms with Crippen molar-refractivity contribution in [3.63, 3.8) is 0 Å². The summed E-state index contributed by atoms with van der Waals surface area (Å²) in [6.07, 6.45) is 0.964. The van der Waals surface area contributed by atoms with Gasteiger partial charge in [-0.15, -0.1) is 0 Å². The van der Waals surface area contributed by atoms with Crippen LogP contribution in [0.25, 0.3) is 0 Å². The summed E-state index contributed by atoms with van der Waals surface area (Å²) in [5.41, 5.74) is 0.506. The number of fused-ring (bicyclic) bond motifs is 1. The summed E-state index contributed by atoms with van der Waals surface area (Å²) in [4.78, 5) is 12.6. The SMILES string of the molecule is CC(C(=O)Nc1ccc2c(c1)OCCO2)N(c1cccc(F)c1)S(C)(=O)=O. The lowest BCUT2D eigenvalue weighted by molar-refractivity contribution is -0.116. The van der Waals surface area contributed by atoms with Crippen molar-refractivity contribution in [2.75, 3.05) is 29.1 Å². The molecule has 0 aromatic heterocycles. The van der Waals surface area contributed by atoms with Crippen LogP contribution in [0.15, 0.2) is 42.5 Å². The molecule has 0 radical (unpaired) electrons. The number of anilines is 2. The molecule has 3 rings (SSSR count). The fraction of sp³-hybridized carbons (Fsp3) is 0.278. The molecule has 0 bridgehead atoms. The zero-order valence-electron chi connectivity index (χ0n) is 14.8. The van der Waals surface area contributed by atoms with E-state index in [2.05, 4.69) is 5.32 Å². The molecule has 144 valence electrons. The Morgan fingerprint density at radius 3 is 2.52 bits per heavy atom. The summed E-state index contributed by atoms with van der Waals surface area (Å²) < 4.78 is 49.7. The molecule has 1 N–H and O–H groups in total. The van der Waals surface area contributed by atoms with Gasteiger partial charge in [0.15, 0.2) is 11.5 Å². The van der Waals surface area contributed by atoms with Gasteiger partial charge >= 0.3 is 0 Å². The van der Waals surface area contributed by atoms with Crippen LogP contribution in [0.2, 0.25) is 0 Å². The first-order valence-electron chi connectivity index (χ1n) is 8.21. The van der Waals surface area contributed by atoms with Crippen LogP contribution in [-0.2, 0) is 14.8 Å². The number of carbonyl (C=O) groups excluding carboxylic acids is 1. The monoisotopic (exact) mass is 394 g/mol. The van der Waals surface area contributed by atoms with Crippen LogP contribution in [-0.4, -0.2) is 39.8 Å². The first kappa shape index (κ1) is 19.0. The number of benzene rings is 2. The van der Waals surface area contributed by atoms with Crippen LogP contribution in [0.5, 0.6) is 11.5 Å². The third-order valence-corrected chi connectivity index (χ3v) is 5.20. The largest absolute Gasteiger partial charge is 0.486 e. The van der Waals surface area contributed by atoms with Crippen molar-refractivity contribution >= 4 is 27.3 Å². The highest BCUT2D eigenvalue weighted by atomic mass is 32.2. The standard InChI is InChI=1S/C18H19FN2O5S/c1-12(21(27(2,23)24)15-5-3-4-13(19)10-15)18(22)20-14-6-7-16-17(11-14)26-9-8-25-16/h3-7,10-12H,8-9H2,1-2H3,(H,20,22). The van der Waals surface area contributed by atoms with Crippen LogP contribution >= 0.6 is 0 Å². The molecule has 7 nitrogen and oxygen atoms in total. The second kappa shape index (κ2) is 7.43. The molecule has 2 aromatic rings. The molecule has 1 atom stereocenters. The fourth-order valence-corrected chi connectivity index (χ4v) is 3.96. The molecular weight excluding hydrogens is 375 g/mol. The predicted molar refractivity (Wildman–Crippen MR) is 99.2 cm³/mol. The number of hydrogen-bond donors (Lipinski definition) is 1. The maximum atomic E-state index is 13.5. The van der Waals surface area contributed by atoms with E-state index < -0.39 is 27.8 Å². The van der Waals surface area contributed by atoms with Gasteiger partial charge in [-0.25, -0.2) is 12.8 Å². The Labute approximate surface area is 156 Å². The molecule has 1 aliphatic heterocycles. The topological polar surface area (TPSA) is 84.9 Å². The lowest BCUT2D eigenvalue weighted by Crippen LogP contribution is -2.45. The van der Waals surface area contributed by atoms with Crippen molar-refractivity contribution in [2.45, 2.75) is 13.0 Å². The maximum Gasteiger partial charge on any atom is 0.247 e. The predicted octanol–water partition coefficient (Wildman–Crippen LogP) is 2.39. The van der Waals surface area contributed by atoms with E-state index in [-0.39, 0.29) is 5.69 Å².